The first-order valence-electron chi connectivity index (χ1n) is 15.8. The number of aromatic nitrogens is 3. The molecule has 2 saturated carbocycles. The van der Waals surface area contributed by atoms with Gasteiger partial charge in [-0.3, -0.25) is 9.88 Å². The number of benzene rings is 1. The van der Waals surface area contributed by atoms with E-state index in [0.29, 0.717) is 12.0 Å². The molecule has 2 aliphatic rings. The lowest BCUT2D eigenvalue weighted by atomic mass is 9.83. The Morgan fingerprint density at radius 2 is 1.56 bits per heavy atom. The molecule has 0 bridgehead atoms. The zero-order valence-corrected chi connectivity index (χ0v) is 26.4. The number of likely N-dealkylation sites (N-methyl/N-ethyl adjacent to an activating group) is 1. The van der Waals surface area contributed by atoms with E-state index in [1.807, 2.05) is 24.5 Å². The molecule has 1 amide bonds. The van der Waals surface area contributed by atoms with Crippen molar-refractivity contribution in [3.8, 4) is 11.1 Å². The summed E-state index contributed by atoms with van der Waals surface area (Å²) in [5, 5.41) is 12.9. The number of carboxylic acids is 1. The number of hydrogen-bond donors (Lipinski definition) is 3. The van der Waals surface area contributed by atoms with Crippen molar-refractivity contribution in [1.82, 2.24) is 25.2 Å². The van der Waals surface area contributed by atoms with Gasteiger partial charge in [-0.05, 0) is 101 Å². The number of aromatic amines is 1. The van der Waals surface area contributed by atoms with Gasteiger partial charge in [0.15, 0.2) is 0 Å². The number of H-pyrrole nitrogens is 1. The molecule has 2 heterocycles. The van der Waals surface area contributed by atoms with Crippen LogP contribution in [0.5, 0.6) is 0 Å². The van der Waals surface area contributed by atoms with E-state index in [0.717, 1.165) is 49.0 Å². The maximum atomic E-state index is 12.0. The van der Waals surface area contributed by atoms with Crippen LogP contribution in [0.3, 0.4) is 0 Å². The minimum Gasteiger partial charge on any atom is -0.480 e. The first-order valence-corrected chi connectivity index (χ1v) is 15.8. The molecule has 9 heteroatoms. The van der Waals surface area contributed by atoms with Crippen LogP contribution in [-0.4, -0.2) is 62.8 Å². The lowest BCUT2D eigenvalue weighted by Crippen LogP contribution is -2.49. The molecule has 5 rings (SSSR count). The van der Waals surface area contributed by atoms with Crippen molar-refractivity contribution >= 4 is 23.1 Å². The molecule has 1 aromatic carbocycles. The third-order valence-corrected chi connectivity index (χ3v) is 8.69. The largest absolute Gasteiger partial charge is 0.480 e. The van der Waals surface area contributed by atoms with Gasteiger partial charge in [0.05, 0.1) is 17.1 Å². The average molecular weight is 592 g/mol. The van der Waals surface area contributed by atoms with Crippen molar-refractivity contribution in [2.24, 2.45) is 11.8 Å². The molecule has 9 nitrogen and oxygen atoms in total. The number of carbonyl (C=O) groups excluding carboxylic acids is 1. The molecule has 0 saturated heterocycles. The predicted octanol–water partition coefficient (Wildman–Crippen LogP) is 7.35. The van der Waals surface area contributed by atoms with Gasteiger partial charge < -0.3 is 20.1 Å². The van der Waals surface area contributed by atoms with Gasteiger partial charge in [-0.1, -0.05) is 44.6 Å². The minimum atomic E-state index is -0.944. The van der Waals surface area contributed by atoms with E-state index in [2.05, 4.69) is 40.5 Å². The number of carbonyl (C=O) groups is 2. The topological polar surface area (TPSA) is 120 Å². The van der Waals surface area contributed by atoms with Gasteiger partial charge >= 0.3 is 12.1 Å². The van der Waals surface area contributed by atoms with Crippen molar-refractivity contribution in [1.29, 1.82) is 0 Å². The maximum absolute atomic E-state index is 12.0. The predicted molar refractivity (Wildman–Crippen MR) is 170 cm³/mol. The second-order valence-corrected chi connectivity index (χ2v) is 13.0. The molecule has 3 N–H and O–H groups in total. The first-order chi connectivity index (χ1) is 20.6. The van der Waals surface area contributed by atoms with Crippen molar-refractivity contribution < 1.29 is 19.4 Å². The maximum Gasteiger partial charge on any atom is 0.410 e. The summed E-state index contributed by atoms with van der Waals surface area (Å²) in [7, 11) is 3.57. The molecule has 2 fully saturated rings. The highest BCUT2D eigenvalue weighted by Gasteiger charge is 2.36. The highest BCUT2D eigenvalue weighted by Crippen LogP contribution is 2.34. The third-order valence-electron chi connectivity index (χ3n) is 8.69. The molecular weight excluding hydrogens is 542 g/mol. The molecule has 0 aliphatic heterocycles. The van der Waals surface area contributed by atoms with Gasteiger partial charge in [-0.15, -0.1) is 0 Å². The van der Waals surface area contributed by atoms with Crippen LogP contribution in [0.4, 0.5) is 4.79 Å². The summed E-state index contributed by atoms with van der Waals surface area (Å²) >= 11 is 0. The van der Waals surface area contributed by atoms with Crippen molar-refractivity contribution in [2.75, 3.05) is 14.1 Å². The number of nitrogens with zero attached hydrogens (tertiary/aromatic N) is 3. The molecule has 2 aromatic heterocycles. The van der Waals surface area contributed by atoms with Gasteiger partial charge in [0.1, 0.15) is 17.5 Å². The van der Waals surface area contributed by atoms with Gasteiger partial charge in [-0.25, -0.2) is 14.6 Å². The number of aliphatic carboxylic acids is 1. The summed E-state index contributed by atoms with van der Waals surface area (Å²) in [6, 6.07) is 10.1. The zero-order chi connectivity index (χ0) is 31.0. The Labute approximate surface area is 255 Å². The minimum absolute atomic E-state index is 0.0313. The fourth-order valence-corrected chi connectivity index (χ4v) is 6.54. The quantitative estimate of drug-likeness (QED) is 0.263. The Morgan fingerprint density at radius 3 is 2.12 bits per heavy atom. The standard InChI is InChI=1S/C20H24N4.C14H25NO4/c1-21-19(15-5-3-2-4-6-15)20-23-17-8-7-16(13-18(17)24-20)14-9-11-22-12-10-14;1-14(2,3)19-13(18)15(4)11(12(16)17)10-8-6-5-7-9-10/h7-13,15,19,21H,2-6H2,1H3,(H,23,24);10-11H,5-9H2,1-4H3,(H,16,17). The van der Waals surface area contributed by atoms with Gasteiger partial charge in [0.25, 0.3) is 0 Å². The van der Waals surface area contributed by atoms with E-state index in [-0.39, 0.29) is 5.92 Å². The second kappa shape index (κ2) is 14.8. The van der Waals surface area contributed by atoms with Crippen LogP contribution in [0.15, 0.2) is 42.7 Å². The number of rotatable bonds is 7. The Kier molecular flexibility index (Phi) is 11.2. The lowest BCUT2D eigenvalue weighted by Gasteiger charge is -2.34. The van der Waals surface area contributed by atoms with Crippen LogP contribution in [0.25, 0.3) is 22.2 Å². The molecule has 2 atom stereocenters. The Hall–Kier alpha value is -3.46. The van der Waals surface area contributed by atoms with Crippen LogP contribution in [-0.2, 0) is 9.53 Å². The number of fused-ring (bicyclic) bond motifs is 1. The Morgan fingerprint density at radius 1 is 0.953 bits per heavy atom. The molecule has 3 aromatic rings. The number of amides is 1. The van der Waals surface area contributed by atoms with Crippen LogP contribution in [0.1, 0.15) is 96.8 Å². The first kappa shape index (κ1) is 32.5. The Balaban J connectivity index is 0.000000204. The Bertz CT molecular complexity index is 1320. The molecule has 2 aliphatic carbocycles. The normalized spacial score (nSPS) is 17.9. The van der Waals surface area contributed by atoms with Gasteiger partial charge in [0.2, 0.25) is 0 Å². The smallest absolute Gasteiger partial charge is 0.410 e. The summed E-state index contributed by atoms with van der Waals surface area (Å²) in [4.78, 5) is 37.2. The van der Waals surface area contributed by atoms with E-state index in [4.69, 9.17) is 9.72 Å². The highest BCUT2D eigenvalue weighted by molar-refractivity contribution is 5.82. The number of ether oxygens (including phenoxy) is 1. The lowest BCUT2D eigenvalue weighted by molar-refractivity contribution is -0.145. The molecular formula is C34H49N5O4. The number of imidazole rings is 1. The van der Waals surface area contributed by atoms with Crippen molar-refractivity contribution in [3.63, 3.8) is 0 Å². The van der Waals surface area contributed by atoms with E-state index in [1.54, 1.807) is 20.8 Å². The van der Waals surface area contributed by atoms with Crippen LogP contribution in [0, 0.1) is 11.8 Å². The van der Waals surface area contributed by atoms with Crippen LogP contribution >= 0.6 is 0 Å². The van der Waals surface area contributed by atoms with E-state index < -0.39 is 23.7 Å². The van der Waals surface area contributed by atoms with Crippen molar-refractivity contribution in [2.45, 2.75) is 103 Å². The van der Waals surface area contributed by atoms with Crippen LogP contribution < -0.4 is 5.32 Å². The number of carboxylic acid groups (broad SMARTS) is 1. The number of nitrogens with one attached hydrogen (secondary N) is 2. The van der Waals surface area contributed by atoms with Crippen LogP contribution in [0.2, 0.25) is 0 Å². The third kappa shape index (κ3) is 8.78. The fourth-order valence-electron chi connectivity index (χ4n) is 6.54. The molecule has 234 valence electrons. The summed E-state index contributed by atoms with van der Waals surface area (Å²) in [5.41, 5.74) is 3.91. The molecule has 43 heavy (non-hydrogen) atoms. The average Bonchev–Trinajstić information content (AvgIpc) is 3.41. The fraction of sp³-hybridized carbons (Fsp3) is 0.588. The van der Waals surface area contributed by atoms with Gasteiger partial charge in [-0.2, -0.15) is 0 Å². The SMILES string of the molecule is CN(C(=O)OC(C)(C)C)C(C(=O)O)C1CCCCC1.CNC(c1nc2ccc(-c3ccncc3)cc2[nH]1)C1CCCCC1. The van der Waals surface area contributed by atoms with Gasteiger partial charge in [0, 0.05) is 19.4 Å². The van der Waals surface area contributed by atoms with E-state index in [9.17, 15) is 14.7 Å². The number of pyridine rings is 1. The zero-order valence-electron chi connectivity index (χ0n) is 26.4. The summed E-state index contributed by atoms with van der Waals surface area (Å²) in [6.45, 7) is 5.32. The molecule has 2 unspecified atom stereocenters. The number of hydrogen-bond acceptors (Lipinski definition) is 6. The summed E-state index contributed by atoms with van der Waals surface area (Å²) in [6.07, 6.45) is 14.7. The summed E-state index contributed by atoms with van der Waals surface area (Å²) in [5.74, 6) is 0.847. The highest BCUT2D eigenvalue weighted by atomic mass is 16.6. The van der Waals surface area contributed by atoms with E-state index >= 15 is 0 Å². The molecule has 0 radical (unpaired) electrons. The van der Waals surface area contributed by atoms with E-state index in [1.165, 1.54) is 55.2 Å². The monoisotopic (exact) mass is 591 g/mol. The summed E-state index contributed by atoms with van der Waals surface area (Å²) < 4.78 is 5.25. The molecule has 0 spiro atoms. The van der Waals surface area contributed by atoms with Crippen molar-refractivity contribution in [3.05, 3.63) is 48.5 Å². The second-order valence-electron chi connectivity index (χ2n) is 13.0.